The molecule has 2 fully saturated rings. The number of hydrogen-bond acceptors (Lipinski definition) is 4. The Hall–Kier alpha value is -0.900. The molecule has 3 rings (SSSR count). The third-order valence-electron chi connectivity index (χ3n) is 4.01. The van der Waals surface area contributed by atoms with Crippen molar-refractivity contribution < 1.29 is 4.79 Å². The van der Waals surface area contributed by atoms with E-state index in [4.69, 9.17) is 0 Å². The topological polar surface area (TPSA) is 33.2 Å². The zero-order chi connectivity index (χ0) is 12.0. The van der Waals surface area contributed by atoms with Crippen molar-refractivity contribution in [2.45, 2.75) is 39.5 Å². The normalized spacial score (nSPS) is 21.2. The van der Waals surface area contributed by atoms with Crippen molar-refractivity contribution in [1.82, 2.24) is 4.98 Å². The maximum absolute atomic E-state index is 11.5. The lowest BCUT2D eigenvalue weighted by atomic mass is 10.1. The summed E-state index contributed by atoms with van der Waals surface area (Å²) in [6.45, 7) is 5.98. The van der Waals surface area contributed by atoms with E-state index in [1.807, 2.05) is 0 Å². The lowest BCUT2D eigenvalue weighted by Gasteiger charge is -2.13. The van der Waals surface area contributed by atoms with Crippen LogP contribution in [0.3, 0.4) is 0 Å². The molecule has 1 spiro atoms. The van der Waals surface area contributed by atoms with E-state index in [-0.39, 0.29) is 5.78 Å². The van der Waals surface area contributed by atoms with E-state index in [2.05, 4.69) is 16.8 Å². The number of aromatic nitrogens is 1. The van der Waals surface area contributed by atoms with Gasteiger partial charge in [-0.15, -0.1) is 11.3 Å². The lowest BCUT2D eigenvalue weighted by Crippen LogP contribution is -2.19. The van der Waals surface area contributed by atoms with Gasteiger partial charge >= 0.3 is 0 Å². The van der Waals surface area contributed by atoms with Gasteiger partial charge in [0, 0.05) is 24.9 Å². The largest absolute Gasteiger partial charge is 0.347 e. The van der Waals surface area contributed by atoms with E-state index in [1.165, 1.54) is 19.3 Å². The Labute approximate surface area is 106 Å². The fourth-order valence-electron chi connectivity index (χ4n) is 2.67. The van der Waals surface area contributed by atoms with Crippen molar-refractivity contribution in [3.05, 3.63) is 10.6 Å². The minimum absolute atomic E-state index is 0.102. The minimum atomic E-state index is 0.102. The molecular formula is C13H18N2OS. The Bertz CT molecular complexity index is 462. The van der Waals surface area contributed by atoms with Crippen molar-refractivity contribution >= 4 is 22.3 Å². The van der Waals surface area contributed by atoms with Gasteiger partial charge in [0.15, 0.2) is 10.9 Å². The summed E-state index contributed by atoms with van der Waals surface area (Å²) in [5.74, 6) is 0.102. The van der Waals surface area contributed by atoms with Gasteiger partial charge < -0.3 is 4.90 Å². The molecule has 0 atom stereocenters. The lowest BCUT2D eigenvalue weighted by molar-refractivity contribution is 0.101. The Morgan fingerprint density at radius 2 is 2.24 bits per heavy atom. The van der Waals surface area contributed by atoms with E-state index < -0.39 is 0 Å². The molecule has 1 aliphatic carbocycles. The van der Waals surface area contributed by atoms with E-state index in [0.29, 0.717) is 11.1 Å². The van der Waals surface area contributed by atoms with Gasteiger partial charge in [-0.2, -0.15) is 0 Å². The first-order valence-corrected chi connectivity index (χ1v) is 7.21. The summed E-state index contributed by atoms with van der Waals surface area (Å²) >= 11 is 1.71. The van der Waals surface area contributed by atoms with Crippen LogP contribution in [-0.2, 0) is 6.42 Å². The highest BCUT2D eigenvalue weighted by atomic mass is 32.1. The first-order chi connectivity index (χ1) is 8.13. The third-order valence-corrected chi connectivity index (χ3v) is 5.27. The van der Waals surface area contributed by atoms with E-state index in [1.54, 1.807) is 18.3 Å². The summed E-state index contributed by atoms with van der Waals surface area (Å²) in [6, 6.07) is 0. The maximum Gasteiger partial charge on any atom is 0.186 e. The standard InChI is InChI=1S/C13H18N2OS/c1-3-10-11(9(2)16)14-12(17-10)15-7-6-13(8-15)4-5-13/h3-8H2,1-2H3. The third kappa shape index (κ3) is 1.88. The summed E-state index contributed by atoms with van der Waals surface area (Å²) < 4.78 is 0. The van der Waals surface area contributed by atoms with Crippen LogP contribution in [0.5, 0.6) is 0 Å². The number of Topliss-reactive ketones (excluding diaryl/α,β-unsaturated/α-hetero) is 1. The SMILES string of the molecule is CCc1sc(N2CCC3(CC3)C2)nc1C(C)=O. The number of hydrogen-bond donors (Lipinski definition) is 0. The highest BCUT2D eigenvalue weighted by Gasteiger charge is 2.48. The summed E-state index contributed by atoms with van der Waals surface area (Å²) in [4.78, 5) is 19.6. The highest BCUT2D eigenvalue weighted by Crippen LogP contribution is 2.53. The molecule has 0 aromatic carbocycles. The van der Waals surface area contributed by atoms with Crippen LogP contribution in [0.2, 0.25) is 0 Å². The second kappa shape index (κ2) is 3.80. The van der Waals surface area contributed by atoms with Crippen molar-refractivity contribution in [1.29, 1.82) is 0 Å². The Balaban J connectivity index is 1.85. The number of anilines is 1. The minimum Gasteiger partial charge on any atom is -0.347 e. The van der Waals surface area contributed by atoms with Gasteiger partial charge in [0.2, 0.25) is 0 Å². The second-order valence-electron chi connectivity index (χ2n) is 5.35. The van der Waals surface area contributed by atoms with Crippen LogP contribution >= 0.6 is 11.3 Å². The monoisotopic (exact) mass is 250 g/mol. The van der Waals surface area contributed by atoms with Gasteiger partial charge in [0.1, 0.15) is 5.69 Å². The summed E-state index contributed by atoms with van der Waals surface area (Å²) in [5.41, 5.74) is 1.32. The van der Waals surface area contributed by atoms with Crippen LogP contribution in [0.1, 0.15) is 48.5 Å². The average molecular weight is 250 g/mol. The van der Waals surface area contributed by atoms with Gasteiger partial charge in [-0.25, -0.2) is 4.98 Å². The molecule has 1 aromatic heterocycles. The summed E-state index contributed by atoms with van der Waals surface area (Å²) in [5, 5.41) is 1.07. The molecule has 0 amide bonds. The van der Waals surface area contributed by atoms with Gasteiger partial charge in [0.05, 0.1) is 0 Å². The molecule has 0 N–H and O–H groups in total. The molecule has 1 aromatic rings. The molecule has 4 heteroatoms. The molecule has 1 aliphatic heterocycles. The predicted molar refractivity (Wildman–Crippen MR) is 70.0 cm³/mol. The molecule has 0 unspecified atom stereocenters. The molecular weight excluding hydrogens is 232 g/mol. The fraction of sp³-hybridized carbons (Fsp3) is 0.692. The molecule has 0 radical (unpaired) electrons. The average Bonchev–Trinajstić information content (AvgIpc) is 2.77. The van der Waals surface area contributed by atoms with Gasteiger partial charge in [0.25, 0.3) is 0 Å². The molecule has 1 saturated carbocycles. The number of carbonyl (C=O) groups is 1. The Morgan fingerprint density at radius 3 is 2.71 bits per heavy atom. The van der Waals surface area contributed by atoms with Crippen LogP contribution in [0.25, 0.3) is 0 Å². The molecule has 2 aliphatic rings. The first kappa shape index (κ1) is 11.2. The van der Waals surface area contributed by atoms with Gasteiger partial charge in [-0.3, -0.25) is 4.79 Å². The number of carbonyl (C=O) groups excluding carboxylic acids is 1. The van der Waals surface area contributed by atoms with Gasteiger partial charge in [-0.05, 0) is 31.1 Å². The van der Waals surface area contributed by atoms with Crippen molar-refractivity contribution in [3.8, 4) is 0 Å². The quantitative estimate of drug-likeness (QED) is 0.773. The fourth-order valence-corrected chi connectivity index (χ4v) is 3.75. The molecule has 1 saturated heterocycles. The molecule has 0 bridgehead atoms. The van der Waals surface area contributed by atoms with Gasteiger partial charge in [-0.1, -0.05) is 6.92 Å². The van der Waals surface area contributed by atoms with E-state index >= 15 is 0 Å². The zero-order valence-electron chi connectivity index (χ0n) is 10.5. The summed E-state index contributed by atoms with van der Waals surface area (Å²) in [6.07, 6.45) is 4.99. The Morgan fingerprint density at radius 1 is 1.47 bits per heavy atom. The molecule has 92 valence electrons. The number of aryl methyl sites for hydroxylation is 1. The Kier molecular flexibility index (Phi) is 2.51. The van der Waals surface area contributed by atoms with Crippen LogP contribution in [-0.4, -0.2) is 23.9 Å². The second-order valence-corrected chi connectivity index (χ2v) is 6.41. The molecule has 3 nitrogen and oxygen atoms in total. The predicted octanol–water partition coefficient (Wildman–Crippen LogP) is 2.90. The van der Waals surface area contributed by atoms with Crippen molar-refractivity contribution in [2.24, 2.45) is 5.41 Å². The smallest absolute Gasteiger partial charge is 0.186 e. The zero-order valence-corrected chi connectivity index (χ0v) is 11.3. The number of rotatable bonds is 3. The van der Waals surface area contributed by atoms with E-state index in [0.717, 1.165) is 29.5 Å². The van der Waals surface area contributed by atoms with Crippen molar-refractivity contribution in [2.75, 3.05) is 18.0 Å². The number of nitrogens with zero attached hydrogens (tertiary/aromatic N) is 2. The first-order valence-electron chi connectivity index (χ1n) is 6.39. The summed E-state index contributed by atoms with van der Waals surface area (Å²) in [7, 11) is 0. The number of ketones is 1. The van der Waals surface area contributed by atoms with Crippen LogP contribution in [0, 0.1) is 5.41 Å². The van der Waals surface area contributed by atoms with E-state index in [9.17, 15) is 4.79 Å². The maximum atomic E-state index is 11.5. The van der Waals surface area contributed by atoms with Crippen molar-refractivity contribution in [3.63, 3.8) is 0 Å². The number of thiazole rings is 1. The van der Waals surface area contributed by atoms with Crippen LogP contribution < -0.4 is 4.90 Å². The molecule has 2 heterocycles. The van der Waals surface area contributed by atoms with Crippen LogP contribution in [0.4, 0.5) is 5.13 Å². The molecule has 17 heavy (non-hydrogen) atoms. The highest BCUT2D eigenvalue weighted by molar-refractivity contribution is 7.15. The van der Waals surface area contributed by atoms with Crippen LogP contribution in [0.15, 0.2) is 0 Å².